The molecule has 11 heteroatoms. The van der Waals surface area contributed by atoms with Crippen LogP contribution in [-0.2, 0) is 42.9 Å². The van der Waals surface area contributed by atoms with Gasteiger partial charge in [-0.15, -0.1) is 0 Å². The summed E-state index contributed by atoms with van der Waals surface area (Å²) in [5, 5.41) is 11.5. The van der Waals surface area contributed by atoms with Gasteiger partial charge >= 0.3 is 23.9 Å². The number of carbonyl (C=O) groups excluding carboxylic acids is 4. The Morgan fingerprint density at radius 3 is 2.35 bits per heavy atom. The number of fused-ring (bicyclic) bond motifs is 1. The first kappa shape index (κ1) is 27.3. The summed E-state index contributed by atoms with van der Waals surface area (Å²) < 4.78 is 28.5. The molecule has 0 amide bonds. The van der Waals surface area contributed by atoms with Crippen LogP contribution in [0.25, 0.3) is 10.8 Å². The van der Waals surface area contributed by atoms with E-state index in [4.69, 9.17) is 23.7 Å². The zero-order valence-corrected chi connectivity index (χ0v) is 21.1. The molecule has 0 radical (unpaired) electrons. The zero-order valence-electron chi connectivity index (χ0n) is 21.1. The minimum Gasteiger partial charge on any atom is -0.479 e. The number of methoxy groups -OCH3 is 1. The van der Waals surface area contributed by atoms with Crippen LogP contribution in [0.1, 0.15) is 39.4 Å². The van der Waals surface area contributed by atoms with Crippen LogP contribution in [0.15, 0.2) is 42.3 Å². The van der Waals surface area contributed by atoms with Crippen molar-refractivity contribution in [3.05, 3.63) is 48.0 Å². The average Bonchev–Trinajstić information content (AvgIpc) is 3.23. The van der Waals surface area contributed by atoms with E-state index in [1.54, 1.807) is 17.7 Å². The number of nitriles is 1. The third kappa shape index (κ3) is 6.09. The van der Waals surface area contributed by atoms with Crippen molar-refractivity contribution in [2.24, 2.45) is 5.92 Å². The molecule has 0 unspecified atom stereocenters. The topological polar surface area (TPSA) is 143 Å². The van der Waals surface area contributed by atoms with Gasteiger partial charge in [0.2, 0.25) is 5.76 Å². The van der Waals surface area contributed by atoms with Crippen molar-refractivity contribution >= 4 is 34.6 Å². The number of allylic oxidation sites excluding steroid dienone is 1. The van der Waals surface area contributed by atoms with E-state index in [-0.39, 0.29) is 5.76 Å². The quantitative estimate of drug-likeness (QED) is 0.382. The van der Waals surface area contributed by atoms with Gasteiger partial charge in [-0.2, -0.15) is 5.26 Å². The Morgan fingerprint density at radius 1 is 1.08 bits per heavy atom. The molecule has 0 fully saturated rings. The fourth-order valence-corrected chi connectivity index (χ4v) is 4.40. The molecule has 0 spiro atoms. The van der Waals surface area contributed by atoms with E-state index in [2.05, 4.69) is 6.07 Å². The molecule has 1 aliphatic rings. The van der Waals surface area contributed by atoms with Crippen LogP contribution >= 0.6 is 0 Å². The predicted molar refractivity (Wildman–Crippen MR) is 128 cm³/mol. The highest BCUT2D eigenvalue weighted by Crippen LogP contribution is 2.38. The van der Waals surface area contributed by atoms with Crippen LogP contribution in [0.3, 0.4) is 0 Å². The maximum absolute atomic E-state index is 12.6. The number of aromatic nitrogens is 1. The first-order chi connectivity index (χ1) is 17.6. The summed E-state index contributed by atoms with van der Waals surface area (Å²) >= 11 is 0. The zero-order chi connectivity index (χ0) is 27.3. The monoisotopic (exact) mass is 512 g/mol. The highest BCUT2D eigenvalue weighted by atomic mass is 16.6. The van der Waals surface area contributed by atoms with Crippen LogP contribution in [0.2, 0.25) is 0 Å². The minimum absolute atomic E-state index is 0.177. The van der Waals surface area contributed by atoms with Gasteiger partial charge in [0.15, 0.2) is 12.2 Å². The van der Waals surface area contributed by atoms with Gasteiger partial charge in [-0.3, -0.25) is 14.4 Å². The molecule has 37 heavy (non-hydrogen) atoms. The number of rotatable bonds is 8. The lowest BCUT2D eigenvalue weighted by Crippen LogP contribution is -2.52. The SMILES string of the molecule is COC(=O)C1=C[C@H](n2cc3ccccc3c2C#N)[C@@H](C)[C@H]([C@H](OC(C)=O)[C@@H](COC(C)=O)OC(C)=O)O1. The molecule has 196 valence electrons. The fraction of sp³-hybridized carbons (Fsp3) is 0.423. The molecule has 0 saturated carbocycles. The molecular weight excluding hydrogens is 484 g/mol. The van der Waals surface area contributed by atoms with Crippen LogP contribution in [0.5, 0.6) is 0 Å². The summed E-state index contributed by atoms with van der Waals surface area (Å²) in [6.07, 6.45) is -0.266. The second kappa shape index (κ2) is 11.6. The van der Waals surface area contributed by atoms with E-state index >= 15 is 0 Å². The van der Waals surface area contributed by atoms with E-state index in [9.17, 15) is 24.4 Å². The lowest BCUT2D eigenvalue weighted by atomic mass is 9.87. The first-order valence-corrected chi connectivity index (χ1v) is 11.5. The molecule has 0 N–H and O–H groups in total. The Kier molecular flexibility index (Phi) is 8.55. The normalized spacial score (nSPS) is 20.4. The second-order valence-corrected chi connectivity index (χ2v) is 8.56. The Labute approximate surface area is 213 Å². The van der Waals surface area contributed by atoms with E-state index < -0.39 is 60.8 Å². The van der Waals surface area contributed by atoms with Crippen molar-refractivity contribution in [2.45, 2.75) is 52.0 Å². The second-order valence-electron chi connectivity index (χ2n) is 8.56. The average molecular weight is 513 g/mol. The molecule has 3 rings (SSSR count). The van der Waals surface area contributed by atoms with Gasteiger partial charge in [0, 0.05) is 43.7 Å². The maximum Gasteiger partial charge on any atom is 0.373 e. The molecule has 0 bridgehead atoms. The number of benzene rings is 1. The lowest BCUT2D eigenvalue weighted by Gasteiger charge is -2.41. The van der Waals surface area contributed by atoms with Crippen molar-refractivity contribution in [3.63, 3.8) is 0 Å². The molecule has 11 nitrogen and oxygen atoms in total. The Bertz CT molecular complexity index is 1270. The molecule has 5 atom stereocenters. The summed E-state index contributed by atoms with van der Waals surface area (Å²) in [4.78, 5) is 48.0. The highest BCUT2D eigenvalue weighted by molar-refractivity contribution is 5.88. The maximum atomic E-state index is 12.6. The van der Waals surface area contributed by atoms with Gasteiger partial charge in [-0.25, -0.2) is 4.79 Å². The van der Waals surface area contributed by atoms with Crippen LogP contribution in [-0.4, -0.2) is 60.5 Å². The van der Waals surface area contributed by atoms with Gasteiger partial charge < -0.3 is 28.3 Å². The lowest BCUT2D eigenvalue weighted by molar-refractivity contribution is -0.190. The van der Waals surface area contributed by atoms with Crippen molar-refractivity contribution < 1.29 is 42.9 Å². The van der Waals surface area contributed by atoms with Crippen molar-refractivity contribution in [1.82, 2.24) is 4.57 Å². The van der Waals surface area contributed by atoms with Crippen molar-refractivity contribution in [1.29, 1.82) is 5.26 Å². The van der Waals surface area contributed by atoms with E-state index in [0.717, 1.165) is 24.6 Å². The molecule has 1 aliphatic heterocycles. The van der Waals surface area contributed by atoms with E-state index in [1.807, 2.05) is 24.3 Å². The molecule has 0 saturated heterocycles. The summed E-state index contributed by atoms with van der Waals surface area (Å²) in [7, 11) is 1.19. The summed E-state index contributed by atoms with van der Waals surface area (Å²) in [5.41, 5.74) is 0.356. The largest absolute Gasteiger partial charge is 0.479 e. The number of nitrogens with zero attached hydrogens (tertiary/aromatic N) is 2. The molecule has 1 aromatic carbocycles. The molecule has 0 aliphatic carbocycles. The number of ether oxygens (including phenoxy) is 5. The third-order valence-corrected chi connectivity index (χ3v) is 5.97. The van der Waals surface area contributed by atoms with E-state index in [0.29, 0.717) is 5.69 Å². The highest BCUT2D eigenvalue weighted by Gasteiger charge is 2.46. The number of esters is 4. The minimum atomic E-state index is -1.28. The Hall–Kier alpha value is -4.33. The smallest absolute Gasteiger partial charge is 0.373 e. The molecular formula is C26H28N2O9. The Morgan fingerprint density at radius 2 is 1.76 bits per heavy atom. The van der Waals surface area contributed by atoms with Gasteiger partial charge in [-0.05, 0) is 6.08 Å². The molecule has 2 heterocycles. The number of carbonyl (C=O) groups is 4. The first-order valence-electron chi connectivity index (χ1n) is 11.5. The van der Waals surface area contributed by atoms with Crippen molar-refractivity contribution in [2.75, 3.05) is 13.7 Å². The summed E-state index contributed by atoms with van der Waals surface area (Å²) in [6, 6.07) is 8.92. The van der Waals surface area contributed by atoms with Gasteiger partial charge in [0.05, 0.1) is 13.2 Å². The fourth-order valence-electron chi connectivity index (χ4n) is 4.40. The van der Waals surface area contributed by atoms with Crippen molar-refractivity contribution in [3.8, 4) is 6.07 Å². The van der Waals surface area contributed by atoms with E-state index in [1.165, 1.54) is 20.1 Å². The van der Waals surface area contributed by atoms with Gasteiger partial charge in [-0.1, -0.05) is 31.2 Å². The Balaban J connectivity index is 2.14. The van der Waals surface area contributed by atoms with Crippen LogP contribution < -0.4 is 0 Å². The molecule has 2 aromatic rings. The van der Waals surface area contributed by atoms with Gasteiger partial charge in [0.1, 0.15) is 24.5 Å². The standard InChI is InChI=1S/C26H28N2O9/c1-14-20(28-12-18-8-6-7-9-19(18)21(28)11-27)10-22(26(32)33-5)37-24(14)25(36-17(4)31)23(35-16(3)30)13-34-15(2)29/h6-10,12,14,20,23-25H,13H2,1-5H3/t14-,20+,23-,24-,25-/m1/s1. The number of hydrogen-bond acceptors (Lipinski definition) is 10. The predicted octanol–water partition coefficient (Wildman–Crippen LogP) is 2.57. The molecule has 1 aromatic heterocycles. The van der Waals surface area contributed by atoms with Gasteiger partial charge in [0.25, 0.3) is 0 Å². The van der Waals surface area contributed by atoms with Crippen LogP contribution in [0.4, 0.5) is 0 Å². The number of hydrogen-bond donors (Lipinski definition) is 0. The third-order valence-electron chi connectivity index (χ3n) is 5.97. The summed E-state index contributed by atoms with van der Waals surface area (Å²) in [6.45, 7) is 4.86. The summed E-state index contributed by atoms with van der Waals surface area (Å²) in [5.74, 6) is -3.56. The van der Waals surface area contributed by atoms with Crippen LogP contribution in [0, 0.1) is 17.2 Å².